The lowest BCUT2D eigenvalue weighted by Crippen LogP contribution is -2.23. The van der Waals surface area contributed by atoms with Crippen molar-refractivity contribution < 1.29 is 4.79 Å². The summed E-state index contributed by atoms with van der Waals surface area (Å²) in [5.74, 6) is 1.11. The smallest absolute Gasteiger partial charge is 0.161 e. The Balaban J connectivity index is 2.81. The molecule has 0 heterocycles. The molecule has 0 fully saturated rings. The number of carbonyl (C=O) groups excluding carboxylic acids is 1. The van der Waals surface area contributed by atoms with Gasteiger partial charge >= 0.3 is 0 Å². The lowest BCUT2D eigenvalue weighted by Gasteiger charge is -2.22. The van der Waals surface area contributed by atoms with E-state index in [9.17, 15) is 4.79 Å². The van der Waals surface area contributed by atoms with Gasteiger partial charge in [0, 0.05) is 5.92 Å². The van der Waals surface area contributed by atoms with E-state index in [0.717, 1.165) is 12.0 Å². The Morgan fingerprint density at radius 1 is 1.50 bits per heavy atom. The summed E-state index contributed by atoms with van der Waals surface area (Å²) >= 11 is 0. The van der Waals surface area contributed by atoms with Crippen molar-refractivity contribution in [3.8, 4) is 0 Å². The molecule has 1 rings (SSSR count). The number of rotatable bonds is 0. The summed E-state index contributed by atoms with van der Waals surface area (Å²) in [4.78, 5) is 11.3. The summed E-state index contributed by atoms with van der Waals surface area (Å²) in [6, 6.07) is 0. The van der Waals surface area contributed by atoms with Crippen molar-refractivity contribution in [1.82, 2.24) is 0 Å². The minimum Gasteiger partial charge on any atom is -0.294 e. The van der Waals surface area contributed by atoms with Crippen molar-refractivity contribution >= 4 is 5.78 Å². The van der Waals surface area contributed by atoms with E-state index >= 15 is 0 Å². The van der Waals surface area contributed by atoms with Gasteiger partial charge in [0.25, 0.3) is 0 Å². The molecule has 0 aromatic rings. The van der Waals surface area contributed by atoms with Crippen molar-refractivity contribution in [2.45, 2.75) is 27.2 Å². The van der Waals surface area contributed by atoms with Gasteiger partial charge in [0.1, 0.15) is 0 Å². The highest BCUT2D eigenvalue weighted by Gasteiger charge is 2.24. The van der Waals surface area contributed by atoms with Gasteiger partial charge in [-0.25, -0.2) is 0 Å². The van der Waals surface area contributed by atoms with Crippen molar-refractivity contribution in [1.29, 1.82) is 0 Å². The second-order valence-electron chi connectivity index (χ2n) is 3.25. The minimum absolute atomic E-state index is 0.241. The predicted octanol–water partition coefficient (Wildman–Crippen LogP) is 2.18. The third-order valence-electron chi connectivity index (χ3n) is 2.45. The molecule has 0 saturated carbocycles. The Hall–Kier alpha value is -0.590. The fraction of sp³-hybridized carbons (Fsp3) is 0.667. The summed E-state index contributed by atoms with van der Waals surface area (Å²) in [6.07, 6.45) is 3.12. The SMILES string of the molecule is CC1=CC[C@@H](C)C(C)C1=O. The van der Waals surface area contributed by atoms with Gasteiger partial charge in [-0.3, -0.25) is 4.79 Å². The summed E-state index contributed by atoms with van der Waals surface area (Å²) < 4.78 is 0. The molecule has 1 nitrogen and oxygen atoms in total. The van der Waals surface area contributed by atoms with Gasteiger partial charge in [-0.2, -0.15) is 0 Å². The molecule has 10 heavy (non-hydrogen) atoms. The zero-order valence-corrected chi connectivity index (χ0v) is 6.85. The average molecular weight is 138 g/mol. The molecule has 1 heteroatoms. The Morgan fingerprint density at radius 3 is 2.60 bits per heavy atom. The molecular formula is C9H14O. The molecule has 0 amide bonds. The minimum atomic E-state index is 0.241. The van der Waals surface area contributed by atoms with E-state index in [2.05, 4.69) is 6.92 Å². The van der Waals surface area contributed by atoms with Crippen LogP contribution >= 0.6 is 0 Å². The fourth-order valence-corrected chi connectivity index (χ4v) is 1.28. The third kappa shape index (κ3) is 1.13. The van der Waals surface area contributed by atoms with Gasteiger partial charge in [0.15, 0.2) is 5.78 Å². The topological polar surface area (TPSA) is 17.1 Å². The number of hydrogen-bond acceptors (Lipinski definition) is 1. The second-order valence-corrected chi connectivity index (χ2v) is 3.25. The van der Waals surface area contributed by atoms with Crippen LogP contribution in [0.4, 0.5) is 0 Å². The Bertz CT molecular complexity index is 179. The number of hydrogen-bond donors (Lipinski definition) is 0. The van der Waals surface area contributed by atoms with Crippen molar-refractivity contribution in [2.75, 3.05) is 0 Å². The molecule has 0 saturated heterocycles. The van der Waals surface area contributed by atoms with Crippen LogP contribution in [0.1, 0.15) is 27.2 Å². The van der Waals surface area contributed by atoms with Gasteiger partial charge in [-0.05, 0) is 24.8 Å². The van der Waals surface area contributed by atoms with Crippen LogP contribution < -0.4 is 0 Å². The molecule has 0 aromatic heterocycles. The van der Waals surface area contributed by atoms with Gasteiger partial charge in [0.05, 0.1) is 0 Å². The van der Waals surface area contributed by atoms with Crippen molar-refractivity contribution in [3.05, 3.63) is 11.6 Å². The molecule has 1 aliphatic carbocycles. The molecule has 0 aliphatic heterocycles. The van der Waals surface area contributed by atoms with Crippen LogP contribution in [0.5, 0.6) is 0 Å². The highest BCUT2D eigenvalue weighted by molar-refractivity contribution is 5.97. The molecule has 0 spiro atoms. The van der Waals surface area contributed by atoms with Crippen LogP contribution in [0.2, 0.25) is 0 Å². The molecule has 2 atom stereocenters. The molecule has 0 bridgehead atoms. The maximum Gasteiger partial charge on any atom is 0.161 e. The van der Waals surface area contributed by atoms with Crippen LogP contribution in [0, 0.1) is 11.8 Å². The van der Waals surface area contributed by atoms with Gasteiger partial charge < -0.3 is 0 Å². The highest BCUT2D eigenvalue weighted by Crippen LogP contribution is 2.25. The van der Waals surface area contributed by atoms with Crippen molar-refractivity contribution in [3.63, 3.8) is 0 Å². The number of carbonyl (C=O) groups is 1. The Kier molecular flexibility index (Phi) is 1.93. The summed E-state index contributed by atoms with van der Waals surface area (Å²) in [5, 5.41) is 0. The maximum absolute atomic E-state index is 11.3. The molecule has 1 aliphatic rings. The van der Waals surface area contributed by atoms with E-state index in [1.165, 1.54) is 0 Å². The first-order chi connectivity index (χ1) is 4.63. The van der Waals surface area contributed by atoms with Crippen molar-refractivity contribution in [2.24, 2.45) is 11.8 Å². The summed E-state index contributed by atoms with van der Waals surface area (Å²) in [7, 11) is 0. The van der Waals surface area contributed by atoms with Crippen LogP contribution in [-0.4, -0.2) is 5.78 Å². The Labute approximate surface area is 62.1 Å². The molecule has 1 unspecified atom stereocenters. The zero-order valence-electron chi connectivity index (χ0n) is 6.85. The van der Waals surface area contributed by atoms with Crippen LogP contribution in [0.25, 0.3) is 0 Å². The number of ketones is 1. The van der Waals surface area contributed by atoms with E-state index in [0.29, 0.717) is 11.7 Å². The monoisotopic (exact) mass is 138 g/mol. The average Bonchev–Trinajstić information content (AvgIpc) is 1.93. The standard InChI is InChI=1S/C9H14O/c1-6-4-5-7(2)9(10)8(6)3/h5-6,8H,4H2,1-3H3/t6-,8?/m1/s1. The van der Waals surface area contributed by atoms with Crippen LogP contribution in [-0.2, 0) is 4.79 Å². The van der Waals surface area contributed by atoms with Gasteiger partial charge in [0.2, 0.25) is 0 Å². The zero-order chi connectivity index (χ0) is 7.72. The van der Waals surface area contributed by atoms with Gasteiger partial charge in [-0.15, -0.1) is 0 Å². The first kappa shape index (κ1) is 7.52. The normalized spacial score (nSPS) is 33.9. The molecular weight excluding hydrogens is 124 g/mol. The largest absolute Gasteiger partial charge is 0.294 e. The van der Waals surface area contributed by atoms with E-state index in [1.54, 1.807) is 0 Å². The first-order valence-electron chi connectivity index (χ1n) is 3.84. The summed E-state index contributed by atoms with van der Waals surface area (Å²) in [6.45, 7) is 6.06. The number of Topliss-reactive ketones (excluding diaryl/α,β-unsaturated/α-hetero) is 1. The molecule has 0 radical (unpaired) electrons. The second kappa shape index (κ2) is 2.57. The molecule has 56 valence electrons. The maximum atomic E-state index is 11.3. The number of allylic oxidation sites excluding steroid dienone is 2. The lowest BCUT2D eigenvalue weighted by molar-refractivity contribution is -0.120. The van der Waals surface area contributed by atoms with Crippen LogP contribution in [0.3, 0.4) is 0 Å². The fourth-order valence-electron chi connectivity index (χ4n) is 1.28. The third-order valence-corrected chi connectivity index (χ3v) is 2.45. The summed E-state index contributed by atoms with van der Waals surface area (Å²) in [5.41, 5.74) is 0.950. The van der Waals surface area contributed by atoms with E-state index in [-0.39, 0.29) is 5.92 Å². The quantitative estimate of drug-likeness (QED) is 0.501. The predicted molar refractivity (Wildman–Crippen MR) is 41.7 cm³/mol. The van der Waals surface area contributed by atoms with Crippen LogP contribution in [0.15, 0.2) is 11.6 Å². The lowest BCUT2D eigenvalue weighted by atomic mass is 9.81. The molecule has 0 aromatic carbocycles. The van der Waals surface area contributed by atoms with E-state index in [1.807, 2.05) is 19.9 Å². The molecule has 0 N–H and O–H groups in total. The van der Waals surface area contributed by atoms with Gasteiger partial charge in [-0.1, -0.05) is 19.9 Å². The Morgan fingerprint density at radius 2 is 2.10 bits per heavy atom. The van der Waals surface area contributed by atoms with E-state index in [4.69, 9.17) is 0 Å². The van der Waals surface area contributed by atoms with E-state index < -0.39 is 0 Å². The first-order valence-corrected chi connectivity index (χ1v) is 3.84. The highest BCUT2D eigenvalue weighted by atomic mass is 16.1.